The van der Waals surface area contributed by atoms with Gasteiger partial charge < -0.3 is 10.5 Å². The molecular formula is C11H15NO2. The second kappa shape index (κ2) is 4.77. The van der Waals surface area contributed by atoms with Gasteiger partial charge in [0.25, 0.3) is 0 Å². The van der Waals surface area contributed by atoms with E-state index in [2.05, 4.69) is 0 Å². The van der Waals surface area contributed by atoms with Crippen molar-refractivity contribution in [2.45, 2.75) is 19.9 Å². The number of ether oxygens (including phenoxy) is 1. The maximum absolute atomic E-state index is 11.2. The van der Waals surface area contributed by atoms with Crippen molar-refractivity contribution in [2.24, 2.45) is 5.73 Å². The zero-order valence-electron chi connectivity index (χ0n) is 8.49. The van der Waals surface area contributed by atoms with Gasteiger partial charge in [-0.05, 0) is 31.5 Å². The number of hydrogen-bond donors (Lipinski definition) is 1. The van der Waals surface area contributed by atoms with Gasteiger partial charge in [-0.2, -0.15) is 0 Å². The molecule has 0 aliphatic heterocycles. The number of hydrogen-bond acceptors (Lipinski definition) is 3. The average molecular weight is 193 g/mol. The van der Waals surface area contributed by atoms with Crippen molar-refractivity contribution in [3.05, 3.63) is 29.8 Å². The van der Waals surface area contributed by atoms with Crippen LogP contribution in [0.4, 0.5) is 0 Å². The molecule has 1 aromatic carbocycles. The van der Waals surface area contributed by atoms with Crippen LogP contribution >= 0.6 is 0 Å². The smallest absolute Gasteiger partial charge is 0.186 e. The standard InChI is InChI=1S/C11H15NO2/c1-8-4-3-5-10(6-8)14-7-11(13)9(2)12/h3-6,9H,7,12H2,1-2H3. The van der Waals surface area contributed by atoms with E-state index in [4.69, 9.17) is 10.5 Å². The zero-order valence-corrected chi connectivity index (χ0v) is 8.49. The number of ketones is 1. The Morgan fingerprint density at radius 1 is 1.57 bits per heavy atom. The molecule has 14 heavy (non-hydrogen) atoms. The summed E-state index contributed by atoms with van der Waals surface area (Å²) in [7, 11) is 0. The lowest BCUT2D eigenvalue weighted by Crippen LogP contribution is -2.31. The molecule has 0 spiro atoms. The van der Waals surface area contributed by atoms with E-state index < -0.39 is 6.04 Å². The van der Waals surface area contributed by atoms with Gasteiger partial charge >= 0.3 is 0 Å². The molecule has 0 radical (unpaired) electrons. The Hall–Kier alpha value is -1.35. The van der Waals surface area contributed by atoms with Crippen molar-refractivity contribution in [1.82, 2.24) is 0 Å². The van der Waals surface area contributed by atoms with Crippen LogP contribution < -0.4 is 10.5 Å². The van der Waals surface area contributed by atoms with Gasteiger partial charge in [-0.25, -0.2) is 0 Å². The maximum Gasteiger partial charge on any atom is 0.186 e. The Labute approximate surface area is 83.9 Å². The lowest BCUT2D eigenvalue weighted by molar-refractivity contribution is -0.121. The SMILES string of the molecule is Cc1cccc(OCC(=O)C(C)N)c1. The zero-order chi connectivity index (χ0) is 10.6. The summed E-state index contributed by atoms with van der Waals surface area (Å²) < 4.78 is 5.28. The van der Waals surface area contributed by atoms with Crippen molar-refractivity contribution in [3.63, 3.8) is 0 Å². The van der Waals surface area contributed by atoms with Gasteiger partial charge in [0.1, 0.15) is 12.4 Å². The molecule has 3 heteroatoms. The van der Waals surface area contributed by atoms with E-state index in [1.807, 2.05) is 31.2 Å². The molecule has 1 aromatic rings. The minimum atomic E-state index is -0.459. The predicted octanol–water partition coefficient (Wildman–Crippen LogP) is 1.29. The third-order valence-corrected chi connectivity index (χ3v) is 1.88. The highest BCUT2D eigenvalue weighted by atomic mass is 16.5. The van der Waals surface area contributed by atoms with Gasteiger partial charge in [0.05, 0.1) is 6.04 Å². The molecule has 0 saturated carbocycles. The lowest BCUT2D eigenvalue weighted by atomic mass is 10.2. The molecule has 0 aliphatic carbocycles. The average Bonchev–Trinajstić information content (AvgIpc) is 2.14. The minimum absolute atomic E-state index is 0.0428. The largest absolute Gasteiger partial charge is 0.486 e. The van der Waals surface area contributed by atoms with Gasteiger partial charge in [0.15, 0.2) is 5.78 Å². The third-order valence-electron chi connectivity index (χ3n) is 1.88. The summed E-state index contributed by atoms with van der Waals surface area (Å²) in [6.07, 6.45) is 0. The van der Waals surface area contributed by atoms with Gasteiger partial charge in [-0.15, -0.1) is 0 Å². The van der Waals surface area contributed by atoms with Crippen molar-refractivity contribution in [2.75, 3.05) is 6.61 Å². The van der Waals surface area contributed by atoms with E-state index in [1.165, 1.54) is 0 Å². The second-order valence-electron chi connectivity index (χ2n) is 3.36. The van der Waals surface area contributed by atoms with Crippen LogP contribution in [0.2, 0.25) is 0 Å². The van der Waals surface area contributed by atoms with Crippen LogP contribution in [0.5, 0.6) is 5.75 Å². The summed E-state index contributed by atoms with van der Waals surface area (Å²) in [5.74, 6) is 0.616. The van der Waals surface area contributed by atoms with Crippen LogP contribution in [0.1, 0.15) is 12.5 Å². The number of rotatable bonds is 4. The van der Waals surface area contributed by atoms with E-state index in [9.17, 15) is 4.79 Å². The number of carbonyl (C=O) groups excluding carboxylic acids is 1. The molecule has 0 amide bonds. The molecule has 0 aromatic heterocycles. The van der Waals surface area contributed by atoms with Gasteiger partial charge in [0.2, 0.25) is 0 Å². The quantitative estimate of drug-likeness (QED) is 0.784. The summed E-state index contributed by atoms with van der Waals surface area (Å²) in [6.45, 7) is 3.67. The monoisotopic (exact) mass is 193 g/mol. The minimum Gasteiger partial charge on any atom is -0.486 e. The number of nitrogens with two attached hydrogens (primary N) is 1. The third kappa shape index (κ3) is 3.18. The van der Waals surface area contributed by atoms with E-state index in [0.717, 1.165) is 5.56 Å². The first-order chi connectivity index (χ1) is 6.59. The predicted molar refractivity (Wildman–Crippen MR) is 55.3 cm³/mol. The molecule has 1 rings (SSSR count). The number of benzene rings is 1. The first kappa shape index (κ1) is 10.7. The molecule has 3 nitrogen and oxygen atoms in total. The van der Waals surface area contributed by atoms with Crippen molar-refractivity contribution in [3.8, 4) is 5.75 Å². The summed E-state index contributed by atoms with van der Waals surface area (Å²) >= 11 is 0. The Morgan fingerprint density at radius 2 is 2.29 bits per heavy atom. The Bertz CT molecular complexity index is 321. The topological polar surface area (TPSA) is 52.3 Å². The van der Waals surface area contributed by atoms with Crippen LogP contribution in [0.3, 0.4) is 0 Å². The van der Waals surface area contributed by atoms with E-state index in [1.54, 1.807) is 6.92 Å². The van der Waals surface area contributed by atoms with Gasteiger partial charge in [-0.3, -0.25) is 4.79 Å². The summed E-state index contributed by atoms with van der Waals surface area (Å²) in [5, 5.41) is 0. The summed E-state index contributed by atoms with van der Waals surface area (Å²) in [4.78, 5) is 11.2. The fourth-order valence-corrected chi connectivity index (χ4v) is 0.991. The molecule has 0 saturated heterocycles. The molecule has 0 aliphatic rings. The molecule has 0 heterocycles. The first-order valence-corrected chi connectivity index (χ1v) is 4.57. The van der Waals surface area contributed by atoms with Crippen LogP contribution in [0.25, 0.3) is 0 Å². The molecule has 1 unspecified atom stereocenters. The summed E-state index contributed by atoms with van der Waals surface area (Å²) in [5.41, 5.74) is 6.51. The highest BCUT2D eigenvalue weighted by Crippen LogP contribution is 2.12. The maximum atomic E-state index is 11.2. The van der Waals surface area contributed by atoms with Crippen molar-refractivity contribution >= 4 is 5.78 Å². The highest BCUT2D eigenvalue weighted by molar-refractivity contribution is 5.84. The molecule has 0 bridgehead atoms. The van der Waals surface area contributed by atoms with Crippen molar-refractivity contribution < 1.29 is 9.53 Å². The lowest BCUT2D eigenvalue weighted by Gasteiger charge is -2.07. The number of aryl methyl sites for hydroxylation is 1. The van der Waals surface area contributed by atoms with Crippen LogP contribution in [-0.4, -0.2) is 18.4 Å². The molecule has 76 valence electrons. The van der Waals surface area contributed by atoms with E-state index >= 15 is 0 Å². The van der Waals surface area contributed by atoms with E-state index in [-0.39, 0.29) is 12.4 Å². The molecule has 0 fully saturated rings. The molecule has 2 N–H and O–H groups in total. The Balaban J connectivity index is 2.50. The normalized spacial score (nSPS) is 12.2. The first-order valence-electron chi connectivity index (χ1n) is 4.57. The number of carbonyl (C=O) groups is 1. The Morgan fingerprint density at radius 3 is 2.86 bits per heavy atom. The second-order valence-corrected chi connectivity index (χ2v) is 3.36. The van der Waals surface area contributed by atoms with Crippen LogP contribution in [0, 0.1) is 6.92 Å². The molecule has 1 atom stereocenters. The van der Waals surface area contributed by atoms with E-state index in [0.29, 0.717) is 5.75 Å². The fourth-order valence-electron chi connectivity index (χ4n) is 0.991. The van der Waals surface area contributed by atoms with Gasteiger partial charge in [0, 0.05) is 0 Å². The van der Waals surface area contributed by atoms with Crippen molar-refractivity contribution in [1.29, 1.82) is 0 Å². The Kier molecular flexibility index (Phi) is 3.65. The fraction of sp³-hybridized carbons (Fsp3) is 0.364. The van der Waals surface area contributed by atoms with Gasteiger partial charge in [-0.1, -0.05) is 12.1 Å². The summed E-state index contributed by atoms with van der Waals surface area (Å²) in [6, 6.07) is 7.11. The van der Waals surface area contributed by atoms with Crippen LogP contribution in [-0.2, 0) is 4.79 Å². The van der Waals surface area contributed by atoms with Crippen LogP contribution in [0.15, 0.2) is 24.3 Å². The highest BCUT2D eigenvalue weighted by Gasteiger charge is 2.07. The number of Topliss-reactive ketones (excluding diaryl/α,β-unsaturated/α-hetero) is 1. The molecular weight excluding hydrogens is 178 g/mol.